The molecule has 1 amide bonds. The first kappa shape index (κ1) is 14.3. The fraction of sp³-hybridized carbons (Fsp3) is 0.133. The number of furan rings is 1. The number of nitrogens with zero attached hydrogens (tertiary/aromatic N) is 2. The fourth-order valence-corrected chi connectivity index (χ4v) is 2.34. The summed E-state index contributed by atoms with van der Waals surface area (Å²) in [7, 11) is 0. The number of aromatic hydroxyl groups is 1. The first-order valence-electron chi connectivity index (χ1n) is 6.58. The summed E-state index contributed by atoms with van der Waals surface area (Å²) >= 11 is 5.17. The summed E-state index contributed by atoms with van der Waals surface area (Å²) in [6.07, 6.45) is 3.02. The van der Waals surface area contributed by atoms with Crippen molar-refractivity contribution < 1.29 is 14.3 Å². The highest BCUT2D eigenvalue weighted by Gasteiger charge is 2.31. The van der Waals surface area contributed by atoms with Gasteiger partial charge in [-0.3, -0.25) is 9.69 Å². The smallest absolute Gasteiger partial charge is 0.277 e. The lowest BCUT2D eigenvalue weighted by Crippen LogP contribution is -2.29. The molecule has 3 heterocycles. The van der Waals surface area contributed by atoms with E-state index in [-0.39, 0.29) is 23.9 Å². The lowest BCUT2D eigenvalue weighted by Gasteiger charge is -2.11. The normalized spacial score (nSPS) is 16.4. The van der Waals surface area contributed by atoms with Gasteiger partial charge < -0.3 is 14.8 Å². The Labute approximate surface area is 132 Å². The van der Waals surface area contributed by atoms with Crippen LogP contribution >= 0.6 is 12.2 Å². The van der Waals surface area contributed by atoms with E-state index in [9.17, 15) is 9.90 Å². The van der Waals surface area contributed by atoms with Gasteiger partial charge in [0.2, 0.25) is 0 Å². The quantitative estimate of drug-likeness (QED) is 0.666. The number of hydrogen-bond donors (Lipinski definition) is 2. The summed E-state index contributed by atoms with van der Waals surface area (Å²) in [4.78, 5) is 18.0. The van der Waals surface area contributed by atoms with Gasteiger partial charge in [-0.25, -0.2) is 4.98 Å². The summed E-state index contributed by atoms with van der Waals surface area (Å²) in [5.41, 5.74) is 1.33. The van der Waals surface area contributed by atoms with Crippen LogP contribution in [0.1, 0.15) is 17.1 Å². The van der Waals surface area contributed by atoms with E-state index in [1.807, 2.05) is 0 Å². The highest BCUT2D eigenvalue weighted by Crippen LogP contribution is 2.21. The molecular formula is C15H13N3O3S. The molecule has 0 saturated carbocycles. The molecule has 2 aromatic heterocycles. The number of amides is 1. The lowest BCUT2D eigenvalue weighted by atomic mass is 10.2. The Bertz CT molecular complexity index is 768. The van der Waals surface area contributed by atoms with Crippen LogP contribution in [-0.4, -0.2) is 26.0 Å². The first-order valence-corrected chi connectivity index (χ1v) is 6.99. The van der Waals surface area contributed by atoms with Crippen molar-refractivity contribution in [2.24, 2.45) is 0 Å². The van der Waals surface area contributed by atoms with E-state index >= 15 is 0 Å². The summed E-state index contributed by atoms with van der Waals surface area (Å²) < 4.78 is 5.23. The van der Waals surface area contributed by atoms with E-state index in [1.165, 1.54) is 23.3 Å². The van der Waals surface area contributed by atoms with Crippen LogP contribution < -0.4 is 5.32 Å². The van der Waals surface area contributed by atoms with Gasteiger partial charge in [0.1, 0.15) is 22.9 Å². The molecule has 0 radical (unpaired) electrons. The van der Waals surface area contributed by atoms with Crippen molar-refractivity contribution in [2.45, 2.75) is 13.5 Å². The zero-order chi connectivity index (χ0) is 15.7. The second kappa shape index (κ2) is 5.61. The molecule has 7 heteroatoms. The minimum Gasteiger partial charge on any atom is -0.506 e. The number of pyridine rings is 1. The molecule has 0 spiro atoms. The molecule has 6 nitrogen and oxygen atoms in total. The molecule has 1 aliphatic rings. The Kier molecular flexibility index (Phi) is 3.64. The Morgan fingerprint density at radius 2 is 2.27 bits per heavy atom. The number of carbonyl (C=O) groups excluding carboxylic acids is 1. The predicted octanol–water partition coefficient (Wildman–Crippen LogP) is 1.95. The number of aryl methyl sites for hydroxylation is 1. The average Bonchev–Trinajstić information content (AvgIpc) is 3.08. The highest BCUT2D eigenvalue weighted by atomic mass is 32.1. The van der Waals surface area contributed by atoms with Gasteiger partial charge in [-0.2, -0.15) is 0 Å². The molecular weight excluding hydrogens is 302 g/mol. The van der Waals surface area contributed by atoms with Crippen LogP contribution in [0.2, 0.25) is 0 Å². The molecule has 22 heavy (non-hydrogen) atoms. The number of nitrogens with one attached hydrogen (secondary N) is 1. The number of thiocarbonyl (C=S) groups is 1. The molecule has 2 N–H and O–H groups in total. The highest BCUT2D eigenvalue weighted by molar-refractivity contribution is 7.80. The van der Waals surface area contributed by atoms with E-state index in [1.54, 1.807) is 25.1 Å². The van der Waals surface area contributed by atoms with E-state index in [2.05, 4.69) is 10.3 Å². The lowest BCUT2D eigenvalue weighted by molar-refractivity contribution is -0.122. The number of aromatic nitrogens is 1. The largest absolute Gasteiger partial charge is 0.506 e. The van der Waals surface area contributed by atoms with Gasteiger partial charge in [0.25, 0.3) is 5.91 Å². The van der Waals surface area contributed by atoms with Crippen molar-refractivity contribution in [1.82, 2.24) is 15.2 Å². The summed E-state index contributed by atoms with van der Waals surface area (Å²) in [5.74, 6) is 0.350. The van der Waals surface area contributed by atoms with Gasteiger partial charge in [0.05, 0.1) is 12.8 Å². The Morgan fingerprint density at radius 3 is 3.00 bits per heavy atom. The zero-order valence-corrected chi connectivity index (χ0v) is 12.6. The molecule has 1 aliphatic heterocycles. The maximum atomic E-state index is 12.4. The molecule has 1 saturated heterocycles. The van der Waals surface area contributed by atoms with Crippen LogP contribution in [0.5, 0.6) is 5.75 Å². The Hall–Kier alpha value is -2.67. The van der Waals surface area contributed by atoms with Crippen molar-refractivity contribution in [2.75, 3.05) is 0 Å². The van der Waals surface area contributed by atoms with Gasteiger partial charge >= 0.3 is 0 Å². The van der Waals surface area contributed by atoms with Crippen molar-refractivity contribution in [3.8, 4) is 5.75 Å². The molecule has 0 aromatic carbocycles. The van der Waals surface area contributed by atoms with E-state index in [0.717, 1.165) is 5.69 Å². The summed E-state index contributed by atoms with van der Waals surface area (Å²) in [6.45, 7) is 2.06. The maximum Gasteiger partial charge on any atom is 0.277 e. The maximum absolute atomic E-state index is 12.4. The van der Waals surface area contributed by atoms with Crippen LogP contribution in [0.15, 0.2) is 40.6 Å². The van der Waals surface area contributed by atoms with Gasteiger partial charge in [0, 0.05) is 5.69 Å². The Morgan fingerprint density at radius 1 is 1.45 bits per heavy atom. The molecule has 0 aliphatic carbocycles. The molecule has 3 rings (SSSR count). The van der Waals surface area contributed by atoms with Crippen LogP contribution in [0.25, 0.3) is 6.08 Å². The zero-order valence-electron chi connectivity index (χ0n) is 11.7. The standard InChI is InChI=1S/C15H13N3O3S/c1-9-4-5-13(19)11(16-9)7-12-14(20)18(15(22)17-12)8-10-3-2-6-21-10/h2-7,19H,8H2,1H3,(H,17,22)/b12-7+. The van der Waals surface area contributed by atoms with Crippen LogP contribution in [-0.2, 0) is 11.3 Å². The third-order valence-electron chi connectivity index (χ3n) is 3.18. The molecule has 112 valence electrons. The molecule has 2 aromatic rings. The number of carbonyl (C=O) groups is 1. The number of rotatable bonds is 3. The minimum absolute atomic E-state index is 0.00287. The average molecular weight is 315 g/mol. The third kappa shape index (κ3) is 2.71. The van der Waals surface area contributed by atoms with Crippen molar-refractivity contribution >= 4 is 29.3 Å². The second-order valence-electron chi connectivity index (χ2n) is 4.82. The summed E-state index contributed by atoms with van der Waals surface area (Å²) in [6, 6.07) is 6.74. The van der Waals surface area contributed by atoms with Gasteiger partial charge in [-0.05, 0) is 49.5 Å². The minimum atomic E-state index is -0.288. The fourth-order valence-electron chi connectivity index (χ4n) is 2.09. The van der Waals surface area contributed by atoms with Crippen LogP contribution in [0.3, 0.4) is 0 Å². The second-order valence-corrected chi connectivity index (χ2v) is 5.20. The van der Waals surface area contributed by atoms with Gasteiger partial charge in [0.15, 0.2) is 5.11 Å². The van der Waals surface area contributed by atoms with Gasteiger partial charge in [-0.1, -0.05) is 0 Å². The molecule has 1 fully saturated rings. The first-order chi connectivity index (χ1) is 10.5. The van der Waals surface area contributed by atoms with Gasteiger partial charge in [-0.15, -0.1) is 0 Å². The van der Waals surface area contributed by atoms with Crippen molar-refractivity contribution in [1.29, 1.82) is 0 Å². The molecule has 0 bridgehead atoms. The third-order valence-corrected chi connectivity index (χ3v) is 3.50. The van der Waals surface area contributed by atoms with E-state index < -0.39 is 0 Å². The van der Waals surface area contributed by atoms with E-state index in [0.29, 0.717) is 16.6 Å². The summed E-state index contributed by atoms with van der Waals surface area (Å²) in [5, 5.41) is 12.9. The monoisotopic (exact) mass is 315 g/mol. The van der Waals surface area contributed by atoms with E-state index in [4.69, 9.17) is 16.6 Å². The number of hydrogen-bond acceptors (Lipinski definition) is 5. The van der Waals surface area contributed by atoms with Crippen molar-refractivity contribution in [3.05, 3.63) is 53.4 Å². The van der Waals surface area contributed by atoms with Crippen molar-refractivity contribution in [3.63, 3.8) is 0 Å². The van der Waals surface area contributed by atoms with Crippen LogP contribution in [0.4, 0.5) is 0 Å². The predicted molar refractivity (Wildman–Crippen MR) is 83.6 cm³/mol. The molecule has 0 unspecified atom stereocenters. The molecule has 0 atom stereocenters. The van der Waals surface area contributed by atoms with Crippen LogP contribution in [0, 0.1) is 6.92 Å². The topological polar surface area (TPSA) is 78.6 Å². The Balaban J connectivity index is 1.87. The SMILES string of the molecule is Cc1ccc(O)c(/C=C2/NC(=S)N(Cc3ccco3)C2=O)n1.